The number of hydrogen-bond acceptors (Lipinski definition) is 2. The second-order valence-electron chi connectivity index (χ2n) is 5.50. The lowest BCUT2D eigenvalue weighted by Gasteiger charge is -2.24. The van der Waals surface area contributed by atoms with E-state index in [2.05, 4.69) is 10.6 Å². The first-order valence-electron chi connectivity index (χ1n) is 7.46. The highest BCUT2D eigenvalue weighted by molar-refractivity contribution is 5.96. The molecule has 0 spiro atoms. The molecule has 3 rings (SSSR count). The molecule has 1 unspecified atom stereocenters. The third-order valence-corrected chi connectivity index (χ3v) is 3.89. The first-order chi connectivity index (χ1) is 10.7. The number of hydrogen-bond donors (Lipinski definition) is 2. The average molecular weight is 294 g/mol. The van der Waals surface area contributed by atoms with E-state index in [9.17, 15) is 9.59 Å². The lowest BCUT2D eigenvalue weighted by atomic mass is 9.89. The van der Waals surface area contributed by atoms with Gasteiger partial charge in [0.25, 0.3) is 0 Å². The fraction of sp³-hybridized carbons (Fsp3) is 0.222. The van der Waals surface area contributed by atoms with Gasteiger partial charge in [0.05, 0.1) is 0 Å². The van der Waals surface area contributed by atoms with Gasteiger partial charge in [0.2, 0.25) is 11.8 Å². The van der Waals surface area contributed by atoms with Crippen LogP contribution in [0.2, 0.25) is 0 Å². The van der Waals surface area contributed by atoms with E-state index in [1.807, 2.05) is 54.6 Å². The molecule has 1 aliphatic rings. The third-order valence-electron chi connectivity index (χ3n) is 3.89. The van der Waals surface area contributed by atoms with Crippen LogP contribution in [-0.2, 0) is 16.0 Å². The molecule has 2 amide bonds. The maximum Gasteiger partial charge on any atom is 0.227 e. The minimum atomic E-state index is -0.142. The summed E-state index contributed by atoms with van der Waals surface area (Å²) in [6.07, 6.45) is 1.59. The van der Waals surface area contributed by atoms with Crippen LogP contribution in [0.25, 0.3) is 0 Å². The Hall–Kier alpha value is -2.62. The molecule has 0 aliphatic carbocycles. The number of carbonyl (C=O) groups excluding carboxylic acids is 2. The van der Waals surface area contributed by atoms with Gasteiger partial charge in [-0.25, -0.2) is 0 Å². The van der Waals surface area contributed by atoms with E-state index in [4.69, 9.17) is 0 Å². The largest absolute Gasteiger partial charge is 0.326 e. The molecule has 0 fully saturated rings. The fourth-order valence-corrected chi connectivity index (χ4v) is 2.70. The van der Waals surface area contributed by atoms with Crippen LogP contribution in [-0.4, -0.2) is 11.8 Å². The molecule has 0 saturated heterocycles. The SMILES string of the molecule is O=C(CCC1Cc2ccccc2NC1=O)Nc1ccccc1. The van der Waals surface area contributed by atoms with E-state index in [1.54, 1.807) is 0 Å². The van der Waals surface area contributed by atoms with Gasteiger partial charge in [0, 0.05) is 23.7 Å². The number of anilines is 2. The van der Waals surface area contributed by atoms with Crippen molar-refractivity contribution in [3.8, 4) is 0 Å². The summed E-state index contributed by atoms with van der Waals surface area (Å²) in [6, 6.07) is 17.2. The average Bonchev–Trinajstić information content (AvgIpc) is 2.54. The molecule has 4 nitrogen and oxygen atoms in total. The molecule has 4 heteroatoms. The van der Waals surface area contributed by atoms with Crippen molar-refractivity contribution in [3.63, 3.8) is 0 Å². The van der Waals surface area contributed by atoms with Crippen molar-refractivity contribution in [1.29, 1.82) is 0 Å². The molecule has 22 heavy (non-hydrogen) atoms. The zero-order valence-corrected chi connectivity index (χ0v) is 12.2. The number of carbonyl (C=O) groups is 2. The van der Waals surface area contributed by atoms with Crippen molar-refractivity contribution in [2.24, 2.45) is 5.92 Å². The van der Waals surface area contributed by atoms with Crippen LogP contribution in [0.5, 0.6) is 0 Å². The molecule has 1 atom stereocenters. The number of fused-ring (bicyclic) bond motifs is 1. The van der Waals surface area contributed by atoms with Crippen LogP contribution >= 0.6 is 0 Å². The number of para-hydroxylation sites is 2. The minimum Gasteiger partial charge on any atom is -0.326 e. The smallest absolute Gasteiger partial charge is 0.227 e. The highest BCUT2D eigenvalue weighted by atomic mass is 16.2. The summed E-state index contributed by atoms with van der Waals surface area (Å²) in [5, 5.41) is 5.76. The normalized spacial score (nSPS) is 16.5. The van der Waals surface area contributed by atoms with E-state index in [0.717, 1.165) is 16.9 Å². The fourth-order valence-electron chi connectivity index (χ4n) is 2.70. The lowest BCUT2D eigenvalue weighted by Crippen LogP contribution is -2.30. The highest BCUT2D eigenvalue weighted by Gasteiger charge is 2.26. The van der Waals surface area contributed by atoms with Crippen molar-refractivity contribution in [2.45, 2.75) is 19.3 Å². The summed E-state index contributed by atoms with van der Waals surface area (Å²) in [4.78, 5) is 24.0. The predicted octanol–water partition coefficient (Wildman–Crippen LogP) is 3.22. The van der Waals surface area contributed by atoms with Crippen LogP contribution < -0.4 is 10.6 Å². The van der Waals surface area contributed by atoms with Crippen LogP contribution in [0, 0.1) is 5.92 Å². The van der Waals surface area contributed by atoms with Gasteiger partial charge in [0.1, 0.15) is 0 Å². The molecule has 2 aromatic rings. The molecule has 0 radical (unpaired) electrons. The lowest BCUT2D eigenvalue weighted by molar-refractivity contribution is -0.121. The molecule has 0 bridgehead atoms. The topological polar surface area (TPSA) is 58.2 Å². The van der Waals surface area contributed by atoms with E-state index in [1.165, 1.54) is 0 Å². The summed E-state index contributed by atoms with van der Waals surface area (Å²) in [6.45, 7) is 0. The molecule has 2 aromatic carbocycles. The molecular formula is C18H18N2O2. The van der Waals surface area contributed by atoms with E-state index in [0.29, 0.717) is 19.3 Å². The molecule has 112 valence electrons. The van der Waals surface area contributed by atoms with E-state index < -0.39 is 0 Å². The van der Waals surface area contributed by atoms with Crippen LogP contribution in [0.4, 0.5) is 11.4 Å². The van der Waals surface area contributed by atoms with Gasteiger partial charge in [-0.1, -0.05) is 36.4 Å². The van der Waals surface area contributed by atoms with Crippen molar-refractivity contribution in [3.05, 3.63) is 60.2 Å². The molecule has 0 aromatic heterocycles. The zero-order valence-electron chi connectivity index (χ0n) is 12.2. The first-order valence-corrected chi connectivity index (χ1v) is 7.46. The van der Waals surface area contributed by atoms with Gasteiger partial charge >= 0.3 is 0 Å². The van der Waals surface area contributed by atoms with Crippen LogP contribution in [0.1, 0.15) is 18.4 Å². The monoisotopic (exact) mass is 294 g/mol. The van der Waals surface area contributed by atoms with Crippen molar-refractivity contribution in [1.82, 2.24) is 0 Å². The molecule has 0 saturated carbocycles. The number of rotatable bonds is 4. The van der Waals surface area contributed by atoms with Gasteiger partial charge < -0.3 is 10.6 Å². The van der Waals surface area contributed by atoms with Crippen molar-refractivity contribution >= 4 is 23.2 Å². The first kappa shape index (κ1) is 14.3. The van der Waals surface area contributed by atoms with Gasteiger partial charge in [-0.2, -0.15) is 0 Å². The molecular weight excluding hydrogens is 276 g/mol. The quantitative estimate of drug-likeness (QED) is 0.909. The summed E-state index contributed by atoms with van der Waals surface area (Å²) in [5.74, 6) is -0.194. The minimum absolute atomic E-state index is 0.00575. The van der Waals surface area contributed by atoms with E-state index >= 15 is 0 Å². The van der Waals surface area contributed by atoms with Gasteiger partial charge in [-0.3, -0.25) is 9.59 Å². The Kier molecular flexibility index (Phi) is 4.19. The van der Waals surface area contributed by atoms with Crippen molar-refractivity contribution in [2.75, 3.05) is 10.6 Å². The molecule has 1 aliphatic heterocycles. The zero-order chi connectivity index (χ0) is 15.4. The van der Waals surface area contributed by atoms with Gasteiger partial charge in [0.15, 0.2) is 0 Å². The Labute approximate surface area is 129 Å². The Morgan fingerprint density at radius 2 is 1.82 bits per heavy atom. The standard InChI is InChI=1S/C18H18N2O2/c21-17(19-15-7-2-1-3-8-15)11-10-14-12-13-6-4-5-9-16(13)20-18(14)22/h1-9,14H,10-12H2,(H,19,21)(H,20,22). The number of amides is 2. The highest BCUT2D eigenvalue weighted by Crippen LogP contribution is 2.27. The Morgan fingerprint density at radius 3 is 2.64 bits per heavy atom. The van der Waals surface area contributed by atoms with Crippen LogP contribution in [0.3, 0.4) is 0 Å². The summed E-state index contributed by atoms with van der Waals surface area (Å²) in [5.41, 5.74) is 2.80. The second-order valence-corrected chi connectivity index (χ2v) is 5.50. The Bertz CT molecular complexity index is 682. The Morgan fingerprint density at radius 1 is 1.09 bits per heavy atom. The van der Waals surface area contributed by atoms with Gasteiger partial charge in [-0.15, -0.1) is 0 Å². The molecule has 1 heterocycles. The van der Waals surface area contributed by atoms with Crippen molar-refractivity contribution < 1.29 is 9.59 Å². The van der Waals surface area contributed by atoms with Crippen LogP contribution in [0.15, 0.2) is 54.6 Å². The number of benzene rings is 2. The molecule has 2 N–H and O–H groups in total. The Balaban J connectivity index is 1.56. The third kappa shape index (κ3) is 3.34. The van der Waals surface area contributed by atoms with Gasteiger partial charge in [-0.05, 0) is 36.6 Å². The maximum absolute atomic E-state index is 12.1. The summed E-state index contributed by atoms with van der Waals surface area (Å²) >= 11 is 0. The van der Waals surface area contributed by atoms with E-state index in [-0.39, 0.29) is 17.7 Å². The number of nitrogens with one attached hydrogen (secondary N) is 2. The summed E-state index contributed by atoms with van der Waals surface area (Å²) < 4.78 is 0. The predicted molar refractivity (Wildman–Crippen MR) is 86.6 cm³/mol. The summed E-state index contributed by atoms with van der Waals surface area (Å²) in [7, 11) is 0. The maximum atomic E-state index is 12.1. The second kappa shape index (κ2) is 6.43.